The number of nitro groups is 1. The Bertz CT molecular complexity index is 706. The van der Waals surface area contributed by atoms with Crippen LogP contribution in [0.4, 0.5) is 11.4 Å². The van der Waals surface area contributed by atoms with Gasteiger partial charge in [0, 0.05) is 5.92 Å². The number of fused-ring (bicyclic) bond motifs is 1. The molecular formula is C16H16N2O3. The standard InChI is InChI=1S/C16H16N2O3/c19-16(12-6-1-2-7-12)17-14-10-9-11-5-3-4-8-13(11)15(14)18(20)21/h3-5,8-10,12H,1-2,6-7H2,(H,17,19). The van der Waals surface area contributed by atoms with Crippen LogP contribution in [0.2, 0.25) is 0 Å². The molecule has 21 heavy (non-hydrogen) atoms. The van der Waals surface area contributed by atoms with Gasteiger partial charge in [0.15, 0.2) is 0 Å². The average Bonchev–Trinajstić information content (AvgIpc) is 3.01. The van der Waals surface area contributed by atoms with Crippen molar-refractivity contribution in [3.63, 3.8) is 0 Å². The lowest BCUT2D eigenvalue weighted by atomic mass is 10.1. The van der Waals surface area contributed by atoms with Gasteiger partial charge in [-0.25, -0.2) is 0 Å². The van der Waals surface area contributed by atoms with E-state index in [4.69, 9.17) is 0 Å². The minimum absolute atomic E-state index is 0.0175. The highest BCUT2D eigenvalue weighted by Crippen LogP contribution is 2.34. The summed E-state index contributed by atoms with van der Waals surface area (Å²) in [7, 11) is 0. The summed E-state index contributed by atoms with van der Waals surface area (Å²) in [6.07, 6.45) is 3.84. The summed E-state index contributed by atoms with van der Waals surface area (Å²) in [5.74, 6) is -0.123. The van der Waals surface area contributed by atoms with Crippen LogP contribution in [0, 0.1) is 16.0 Å². The Morgan fingerprint density at radius 2 is 1.86 bits per heavy atom. The minimum atomic E-state index is -0.424. The van der Waals surface area contributed by atoms with E-state index in [-0.39, 0.29) is 23.2 Å². The van der Waals surface area contributed by atoms with Gasteiger partial charge in [-0.05, 0) is 30.4 Å². The van der Waals surface area contributed by atoms with E-state index in [1.54, 1.807) is 24.3 Å². The molecule has 0 spiro atoms. The summed E-state index contributed by atoms with van der Waals surface area (Å²) < 4.78 is 0. The van der Waals surface area contributed by atoms with Crippen LogP contribution in [-0.4, -0.2) is 10.8 Å². The first-order valence-electron chi connectivity index (χ1n) is 7.14. The number of nitro benzene ring substituents is 1. The number of benzene rings is 2. The highest BCUT2D eigenvalue weighted by atomic mass is 16.6. The first kappa shape index (κ1) is 13.5. The molecule has 108 valence electrons. The van der Waals surface area contributed by atoms with Crippen LogP contribution in [-0.2, 0) is 4.79 Å². The summed E-state index contributed by atoms with van der Waals surface area (Å²) in [5.41, 5.74) is 0.259. The summed E-state index contributed by atoms with van der Waals surface area (Å²) in [5, 5.41) is 15.5. The summed E-state index contributed by atoms with van der Waals surface area (Å²) in [4.78, 5) is 23.2. The van der Waals surface area contributed by atoms with Crippen molar-refractivity contribution < 1.29 is 9.72 Å². The molecule has 1 saturated carbocycles. The molecule has 0 atom stereocenters. The maximum absolute atomic E-state index is 12.2. The number of hydrogen-bond donors (Lipinski definition) is 1. The second kappa shape index (κ2) is 5.52. The van der Waals surface area contributed by atoms with Gasteiger partial charge in [-0.15, -0.1) is 0 Å². The Hall–Kier alpha value is -2.43. The fourth-order valence-corrected chi connectivity index (χ4v) is 2.98. The van der Waals surface area contributed by atoms with Crippen molar-refractivity contribution in [1.82, 2.24) is 0 Å². The van der Waals surface area contributed by atoms with Crippen LogP contribution in [0.3, 0.4) is 0 Å². The highest BCUT2D eigenvalue weighted by molar-refractivity contribution is 6.02. The van der Waals surface area contributed by atoms with Crippen molar-refractivity contribution in [2.45, 2.75) is 25.7 Å². The lowest BCUT2D eigenvalue weighted by Crippen LogP contribution is -2.20. The molecule has 5 nitrogen and oxygen atoms in total. The SMILES string of the molecule is O=C(Nc1ccc2ccccc2c1[N+](=O)[O-])C1CCCC1. The smallest absolute Gasteiger partial charge is 0.300 e. The number of nitrogens with zero attached hydrogens (tertiary/aromatic N) is 1. The van der Waals surface area contributed by atoms with E-state index in [2.05, 4.69) is 5.32 Å². The van der Waals surface area contributed by atoms with E-state index in [0.717, 1.165) is 31.1 Å². The van der Waals surface area contributed by atoms with E-state index >= 15 is 0 Å². The Morgan fingerprint density at radius 1 is 1.14 bits per heavy atom. The van der Waals surface area contributed by atoms with E-state index in [0.29, 0.717) is 5.39 Å². The number of nitrogens with one attached hydrogen (secondary N) is 1. The topological polar surface area (TPSA) is 72.2 Å². The zero-order chi connectivity index (χ0) is 14.8. The Labute approximate surface area is 122 Å². The fraction of sp³-hybridized carbons (Fsp3) is 0.312. The molecule has 1 aliphatic rings. The van der Waals surface area contributed by atoms with E-state index < -0.39 is 4.92 Å². The molecule has 1 N–H and O–H groups in total. The third kappa shape index (κ3) is 2.59. The third-order valence-corrected chi connectivity index (χ3v) is 4.07. The highest BCUT2D eigenvalue weighted by Gasteiger charge is 2.26. The zero-order valence-corrected chi connectivity index (χ0v) is 11.5. The van der Waals surface area contributed by atoms with Crippen molar-refractivity contribution in [3.05, 3.63) is 46.5 Å². The maximum atomic E-state index is 12.2. The van der Waals surface area contributed by atoms with Gasteiger partial charge in [-0.1, -0.05) is 37.1 Å². The number of amides is 1. The molecule has 3 rings (SSSR count). The van der Waals surface area contributed by atoms with Gasteiger partial charge in [0.25, 0.3) is 5.69 Å². The van der Waals surface area contributed by atoms with Gasteiger partial charge in [0.2, 0.25) is 5.91 Å². The first-order chi connectivity index (χ1) is 10.2. The molecule has 1 aliphatic carbocycles. The number of rotatable bonds is 3. The van der Waals surface area contributed by atoms with Crippen LogP contribution in [0.15, 0.2) is 36.4 Å². The zero-order valence-electron chi connectivity index (χ0n) is 11.5. The van der Waals surface area contributed by atoms with Crippen molar-refractivity contribution >= 4 is 28.1 Å². The normalized spacial score (nSPS) is 15.2. The number of carbonyl (C=O) groups excluding carboxylic acids is 1. The van der Waals surface area contributed by atoms with Gasteiger partial charge in [0.05, 0.1) is 10.3 Å². The Kier molecular flexibility index (Phi) is 3.56. The molecule has 0 saturated heterocycles. The molecule has 0 unspecified atom stereocenters. The predicted molar refractivity (Wildman–Crippen MR) is 81.2 cm³/mol. The molecule has 0 aliphatic heterocycles. The van der Waals surface area contributed by atoms with E-state index in [9.17, 15) is 14.9 Å². The molecule has 1 amide bonds. The fourth-order valence-electron chi connectivity index (χ4n) is 2.98. The summed E-state index contributed by atoms with van der Waals surface area (Å²) in [6, 6.07) is 10.5. The Morgan fingerprint density at radius 3 is 2.57 bits per heavy atom. The minimum Gasteiger partial charge on any atom is -0.320 e. The molecule has 2 aromatic carbocycles. The number of hydrogen-bond acceptors (Lipinski definition) is 3. The summed E-state index contributed by atoms with van der Waals surface area (Å²) in [6.45, 7) is 0. The molecular weight excluding hydrogens is 268 g/mol. The quantitative estimate of drug-likeness (QED) is 0.686. The van der Waals surface area contributed by atoms with Crippen molar-refractivity contribution in [3.8, 4) is 0 Å². The van der Waals surface area contributed by atoms with Crippen LogP contribution >= 0.6 is 0 Å². The van der Waals surface area contributed by atoms with Crippen LogP contribution in [0.5, 0.6) is 0 Å². The lowest BCUT2D eigenvalue weighted by Gasteiger charge is -2.11. The molecule has 0 radical (unpaired) electrons. The average molecular weight is 284 g/mol. The molecule has 1 fully saturated rings. The van der Waals surface area contributed by atoms with Crippen molar-refractivity contribution in [2.24, 2.45) is 5.92 Å². The molecule has 0 bridgehead atoms. The second-order valence-electron chi connectivity index (χ2n) is 5.41. The van der Waals surface area contributed by atoms with Gasteiger partial charge in [0.1, 0.15) is 5.69 Å². The van der Waals surface area contributed by atoms with Gasteiger partial charge < -0.3 is 5.32 Å². The van der Waals surface area contributed by atoms with Crippen LogP contribution < -0.4 is 5.32 Å². The third-order valence-electron chi connectivity index (χ3n) is 4.07. The monoisotopic (exact) mass is 284 g/mol. The predicted octanol–water partition coefficient (Wildman–Crippen LogP) is 3.88. The van der Waals surface area contributed by atoms with Gasteiger partial charge in [-0.3, -0.25) is 14.9 Å². The van der Waals surface area contributed by atoms with Gasteiger partial charge >= 0.3 is 0 Å². The summed E-state index contributed by atoms with van der Waals surface area (Å²) >= 11 is 0. The Balaban J connectivity index is 1.99. The molecule has 0 heterocycles. The van der Waals surface area contributed by atoms with Gasteiger partial charge in [-0.2, -0.15) is 0 Å². The lowest BCUT2D eigenvalue weighted by molar-refractivity contribution is -0.382. The molecule has 0 aromatic heterocycles. The van der Waals surface area contributed by atoms with Crippen LogP contribution in [0.25, 0.3) is 10.8 Å². The largest absolute Gasteiger partial charge is 0.320 e. The van der Waals surface area contributed by atoms with E-state index in [1.165, 1.54) is 0 Å². The van der Waals surface area contributed by atoms with Crippen LogP contribution in [0.1, 0.15) is 25.7 Å². The van der Waals surface area contributed by atoms with Crippen molar-refractivity contribution in [2.75, 3.05) is 5.32 Å². The van der Waals surface area contributed by atoms with E-state index in [1.807, 2.05) is 12.1 Å². The molecule has 2 aromatic rings. The second-order valence-corrected chi connectivity index (χ2v) is 5.41. The molecule has 5 heteroatoms. The number of anilines is 1. The number of carbonyl (C=O) groups is 1. The van der Waals surface area contributed by atoms with Crippen molar-refractivity contribution in [1.29, 1.82) is 0 Å². The maximum Gasteiger partial charge on any atom is 0.300 e. The first-order valence-corrected chi connectivity index (χ1v) is 7.14.